The zero-order valence-electron chi connectivity index (χ0n) is 17.2. The van der Waals surface area contributed by atoms with Crippen LogP contribution < -0.4 is 5.32 Å². The third-order valence-corrected chi connectivity index (χ3v) is 5.67. The van der Waals surface area contributed by atoms with Gasteiger partial charge in [-0.1, -0.05) is 55.3 Å². The lowest BCUT2D eigenvalue weighted by atomic mass is 10.0. The van der Waals surface area contributed by atoms with Crippen LogP contribution in [-0.2, 0) is 6.54 Å². The third kappa shape index (κ3) is 5.30. The van der Waals surface area contributed by atoms with Gasteiger partial charge in [-0.25, -0.2) is 4.68 Å². The minimum Gasteiger partial charge on any atom is -0.350 e. The average Bonchev–Trinajstić information content (AvgIpc) is 3.15. The Hall–Kier alpha value is -3.06. The van der Waals surface area contributed by atoms with Gasteiger partial charge in [0, 0.05) is 12.1 Å². The van der Waals surface area contributed by atoms with E-state index in [2.05, 4.69) is 50.0 Å². The highest BCUT2D eigenvalue weighted by Gasteiger charge is 2.22. The SMILES string of the molecule is O=C(NC[C@@H](c1ccccc1)N1CCCCCC1)c1ccc(Cn2cnnn2)cc1. The molecular weight excluding hydrogens is 376 g/mol. The Bertz CT molecular complexity index is 903. The maximum Gasteiger partial charge on any atom is 0.251 e. The van der Waals surface area contributed by atoms with Crippen LogP contribution in [0.5, 0.6) is 0 Å². The number of benzene rings is 2. The minimum absolute atomic E-state index is 0.0419. The van der Waals surface area contributed by atoms with E-state index in [4.69, 9.17) is 0 Å². The number of carbonyl (C=O) groups is 1. The molecule has 1 saturated heterocycles. The Morgan fingerprint density at radius 1 is 0.967 bits per heavy atom. The van der Waals surface area contributed by atoms with Crippen molar-refractivity contribution < 1.29 is 4.79 Å². The molecule has 0 aliphatic carbocycles. The first-order valence-corrected chi connectivity index (χ1v) is 10.7. The number of hydrogen-bond donors (Lipinski definition) is 1. The van der Waals surface area contributed by atoms with Crippen LogP contribution in [-0.4, -0.2) is 50.6 Å². The molecule has 156 valence electrons. The number of nitrogens with zero attached hydrogens (tertiary/aromatic N) is 5. The summed E-state index contributed by atoms with van der Waals surface area (Å²) < 4.78 is 1.65. The number of hydrogen-bond acceptors (Lipinski definition) is 5. The van der Waals surface area contributed by atoms with Crippen LogP contribution >= 0.6 is 0 Å². The lowest BCUT2D eigenvalue weighted by molar-refractivity contribution is 0.0933. The van der Waals surface area contributed by atoms with Crippen LogP contribution in [0, 0.1) is 0 Å². The van der Waals surface area contributed by atoms with Crippen molar-refractivity contribution in [3.05, 3.63) is 77.6 Å². The monoisotopic (exact) mass is 404 g/mol. The summed E-state index contributed by atoms with van der Waals surface area (Å²) in [6, 6.07) is 18.3. The molecule has 1 N–H and O–H groups in total. The summed E-state index contributed by atoms with van der Waals surface area (Å²) in [7, 11) is 0. The molecule has 1 aliphatic rings. The van der Waals surface area contributed by atoms with Gasteiger partial charge in [0.15, 0.2) is 0 Å². The van der Waals surface area contributed by atoms with Gasteiger partial charge in [0.1, 0.15) is 6.33 Å². The van der Waals surface area contributed by atoms with E-state index in [9.17, 15) is 4.79 Å². The first kappa shape index (κ1) is 20.2. The second-order valence-corrected chi connectivity index (χ2v) is 7.79. The van der Waals surface area contributed by atoms with Gasteiger partial charge >= 0.3 is 0 Å². The van der Waals surface area contributed by atoms with Crippen molar-refractivity contribution in [2.45, 2.75) is 38.3 Å². The fourth-order valence-electron chi connectivity index (χ4n) is 4.03. The van der Waals surface area contributed by atoms with Crippen LogP contribution in [0.2, 0.25) is 0 Å². The molecule has 2 aromatic carbocycles. The second kappa shape index (κ2) is 10.1. The first-order valence-electron chi connectivity index (χ1n) is 10.7. The van der Waals surface area contributed by atoms with Crippen molar-refractivity contribution in [2.24, 2.45) is 0 Å². The molecule has 0 unspecified atom stereocenters. The molecule has 1 aromatic heterocycles. The van der Waals surface area contributed by atoms with E-state index in [-0.39, 0.29) is 11.9 Å². The molecule has 3 aromatic rings. The van der Waals surface area contributed by atoms with E-state index in [1.165, 1.54) is 31.2 Å². The fourth-order valence-corrected chi connectivity index (χ4v) is 4.03. The van der Waals surface area contributed by atoms with Crippen LogP contribution in [0.3, 0.4) is 0 Å². The summed E-state index contributed by atoms with van der Waals surface area (Å²) >= 11 is 0. The van der Waals surface area contributed by atoms with Crippen molar-refractivity contribution in [2.75, 3.05) is 19.6 Å². The highest BCUT2D eigenvalue weighted by Crippen LogP contribution is 2.24. The van der Waals surface area contributed by atoms with E-state index in [0.717, 1.165) is 18.7 Å². The maximum atomic E-state index is 12.8. The Labute approximate surface area is 177 Å². The van der Waals surface area contributed by atoms with Crippen molar-refractivity contribution in [3.8, 4) is 0 Å². The number of rotatable bonds is 7. The van der Waals surface area contributed by atoms with Gasteiger partial charge < -0.3 is 5.32 Å². The van der Waals surface area contributed by atoms with Gasteiger partial charge in [0.25, 0.3) is 5.91 Å². The summed E-state index contributed by atoms with van der Waals surface area (Å²) in [4.78, 5) is 15.3. The summed E-state index contributed by atoms with van der Waals surface area (Å²) in [6.07, 6.45) is 6.61. The lowest BCUT2D eigenvalue weighted by Crippen LogP contribution is -2.38. The fraction of sp³-hybridized carbons (Fsp3) is 0.391. The largest absolute Gasteiger partial charge is 0.350 e. The minimum atomic E-state index is -0.0419. The normalized spacial score (nSPS) is 16.0. The number of likely N-dealkylation sites (tertiary alicyclic amines) is 1. The van der Waals surface area contributed by atoms with Crippen LogP contribution in [0.15, 0.2) is 60.9 Å². The molecular formula is C23H28N6O. The topological polar surface area (TPSA) is 75.9 Å². The predicted octanol–water partition coefficient (Wildman–Crippen LogP) is 3.07. The molecule has 0 saturated carbocycles. The van der Waals surface area contributed by atoms with Gasteiger partial charge in [0.2, 0.25) is 0 Å². The lowest BCUT2D eigenvalue weighted by Gasteiger charge is -2.31. The van der Waals surface area contributed by atoms with Gasteiger partial charge in [-0.2, -0.15) is 0 Å². The van der Waals surface area contributed by atoms with Crippen molar-refractivity contribution in [1.82, 2.24) is 30.4 Å². The van der Waals surface area contributed by atoms with E-state index in [1.807, 2.05) is 30.3 Å². The Morgan fingerprint density at radius 3 is 2.37 bits per heavy atom. The van der Waals surface area contributed by atoms with Gasteiger partial charge in [-0.15, -0.1) is 5.10 Å². The van der Waals surface area contributed by atoms with Crippen LogP contribution in [0.4, 0.5) is 0 Å². The average molecular weight is 405 g/mol. The van der Waals surface area contributed by atoms with Gasteiger partial charge in [-0.3, -0.25) is 9.69 Å². The Balaban J connectivity index is 1.40. The quantitative estimate of drug-likeness (QED) is 0.655. The molecule has 4 rings (SSSR count). The predicted molar refractivity (Wildman–Crippen MR) is 115 cm³/mol. The standard InChI is InChI=1S/C23H28N6O/c30-23(21-12-10-19(11-13-21)17-29-18-25-26-27-29)24-16-22(20-8-4-3-5-9-20)28-14-6-1-2-7-15-28/h3-5,8-13,18,22H,1-2,6-7,14-17H2,(H,24,30)/t22-/m0/s1. The number of aromatic nitrogens is 4. The summed E-state index contributed by atoms with van der Waals surface area (Å²) in [5.41, 5.74) is 2.97. The highest BCUT2D eigenvalue weighted by molar-refractivity contribution is 5.94. The van der Waals surface area contributed by atoms with Crippen molar-refractivity contribution >= 4 is 5.91 Å². The number of nitrogens with one attached hydrogen (secondary N) is 1. The molecule has 1 aliphatic heterocycles. The molecule has 1 fully saturated rings. The number of amides is 1. The van der Waals surface area contributed by atoms with E-state index in [1.54, 1.807) is 11.0 Å². The van der Waals surface area contributed by atoms with E-state index < -0.39 is 0 Å². The summed E-state index contributed by atoms with van der Waals surface area (Å²) in [5, 5.41) is 14.3. The summed E-state index contributed by atoms with van der Waals surface area (Å²) in [5.74, 6) is -0.0419. The smallest absolute Gasteiger partial charge is 0.251 e. The van der Waals surface area contributed by atoms with Crippen LogP contribution in [0.25, 0.3) is 0 Å². The van der Waals surface area contributed by atoms with E-state index in [0.29, 0.717) is 18.7 Å². The maximum absolute atomic E-state index is 12.8. The van der Waals surface area contributed by atoms with Crippen LogP contribution in [0.1, 0.15) is 53.2 Å². The Morgan fingerprint density at radius 2 is 1.70 bits per heavy atom. The second-order valence-electron chi connectivity index (χ2n) is 7.79. The van der Waals surface area contributed by atoms with Gasteiger partial charge in [-0.05, 0) is 59.6 Å². The summed E-state index contributed by atoms with van der Waals surface area (Å²) in [6.45, 7) is 3.36. The van der Waals surface area contributed by atoms with E-state index >= 15 is 0 Å². The third-order valence-electron chi connectivity index (χ3n) is 5.67. The highest BCUT2D eigenvalue weighted by atomic mass is 16.1. The molecule has 7 heteroatoms. The molecule has 7 nitrogen and oxygen atoms in total. The molecule has 2 heterocycles. The zero-order valence-corrected chi connectivity index (χ0v) is 17.2. The van der Waals surface area contributed by atoms with Gasteiger partial charge in [0.05, 0.1) is 12.6 Å². The first-order chi connectivity index (χ1) is 14.8. The Kier molecular flexibility index (Phi) is 6.82. The molecule has 0 spiro atoms. The molecule has 0 bridgehead atoms. The van der Waals surface area contributed by atoms with Crippen molar-refractivity contribution in [3.63, 3.8) is 0 Å². The number of tetrazole rings is 1. The molecule has 1 atom stereocenters. The molecule has 0 radical (unpaired) electrons. The molecule has 30 heavy (non-hydrogen) atoms. The zero-order chi connectivity index (χ0) is 20.6. The number of carbonyl (C=O) groups excluding carboxylic acids is 1. The molecule has 1 amide bonds. The van der Waals surface area contributed by atoms with Crippen molar-refractivity contribution in [1.29, 1.82) is 0 Å².